The second-order valence-electron chi connectivity index (χ2n) is 6.79. The molecule has 0 aromatic carbocycles. The molecule has 0 spiro atoms. The van der Waals surface area contributed by atoms with Crippen LogP contribution >= 0.6 is 0 Å². The first-order valence-corrected chi connectivity index (χ1v) is 9.00. The molecule has 1 aliphatic heterocycles. The Morgan fingerprint density at radius 1 is 1.29 bits per heavy atom. The average molecular weight is 389 g/mol. The second kappa shape index (κ2) is 7.45. The molecule has 2 aromatic heterocycles. The molecule has 1 aliphatic rings. The van der Waals surface area contributed by atoms with Crippen molar-refractivity contribution in [2.45, 2.75) is 26.3 Å². The van der Waals surface area contributed by atoms with E-state index in [4.69, 9.17) is 4.74 Å². The van der Waals surface area contributed by atoms with Crippen LogP contribution in [0.15, 0.2) is 15.8 Å². The van der Waals surface area contributed by atoms with Crippen molar-refractivity contribution >= 4 is 28.6 Å². The first-order valence-electron chi connectivity index (χ1n) is 9.00. The molecule has 0 aliphatic carbocycles. The van der Waals surface area contributed by atoms with Gasteiger partial charge in [-0.25, -0.2) is 9.78 Å². The Bertz CT molecular complexity index is 1070. The summed E-state index contributed by atoms with van der Waals surface area (Å²) >= 11 is 0. The molecule has 0 bridgehead atoms. The third kappa shape index (κ3) is 3.25. The van der Waals surface area contributed by atoms with Crippen molar-refractivity contribution in [3.05, 3.63) is 32.6 Å². The third-order valence-electron chi connectivity index (χ3n) is 4.91. The van der Waals surface area contributed by atoms with Gasteiger partial charge in [0.15, 0.2) is 5.65 Å². The number of hydrogen-bond donors (Lipinski definition) is 1. The normalized spacial score (nSPS) is 16.9. The van der Waals surface area contributed by atoms with Gasteiger partial charge < -0.3 is 15.0 Å². The highest BCUT2D eigenvalue weighted by atomic mass is 16.5. The molecule has 0 saturated carbocycles. The zero-order valence-corrected chi connectivity index (χ0v) is 16.3. The number of piperazine rings is 1. The van der Waals surface area contributed by atoms with Gasteiger partial charge in [0.05, 0.1) is 31.3 Å². The van der Waals surface area contributed by atoms with E-state index in [1.54, 1.807) is 24.9 Å². The van der Waals surface area contributed by atoms with Crippen LogP contribution < -0.4 is 21.5 Å². The molecule has 1 N–H and O–H groups in total. The van der Waals surface area contributed by atoms with E-state index in [-0.39, 0.29) is 55.1 Å². The van der Waals surface area contributed by atoms with Crippen LogP contribution in [-0.2, 0) is 28.4 Å². The molecule has 1 saturated heterocycles. The van der Waals surface area contributed by atoms with E-state index < -0.39 is 11.2 Å². The fourth-order valence-electron chi connectivity index (χ4n) is 3.52. The Hall–Kier alpha value is -3.17. The van der Waals surface area contributed by atoms with Crippen molar-refractivity contribution in [3.63, 3.8) is 0 Å². The second-order valence-corrected chi connectivity index (χ2v) is 6.79. The Balaban J connectivity index is 2.23. The topological polar surface area (TPSA) is 116 Å². The predicted molar refractivity (Wildman–Crippen MR) is 102 cm³/mol. The highest BCUT2D eigenvalue weighted by Crippen LogP contribution is 2.29. The quantitative estimate of drug-likeness (QED) is 0.681. The number of esters is 1. The Kier molecular flexibility index (Phi) is 5.21. The molecule has 1 fully saturated rings. The summed E-state index contributed by atoms with van der Waals surface area (Å²) in [6.45, 7) is 3.99. The van der Waals surface area contributed by atoms with Crippen LogP contribution in [0.4, 0.5) is 5.69 Å². The van der Waals surface area contributed by atoms with Gasteiger partial charge in [0, 0.05) is 26.8 Å². The van der Waals surface area contributed by atoms with Gasteiger partial charge in [0.1, 0.15) is 5.39 Å². The van der Waals surface area contributed by atoms with Crippen molar-refractivity contribution in [2.24, 2.45) is 14.1 Å². The largest absolute Gasteiger partial charge is 0.466 e. The molecule has 28 heavy (non-hydrogen) atoms. The summed E-state index contributed by atoms with van der Waals surface area (Å²) in [6, 6.07) is -0.386. The Morgan fingerprint density at radius 3 is 2.68 bits per heavy atom. The fraction of sp³-hybridized carbons (Fsp3) is 0.500. The molecule has 3 heterocycles. The van der Waals surface area contributed by atoms with E-state index in [1.165, 1.54) is 18.7 Å². The number of ether oxygens (including phenoxy) is 1. The van der Waals surface area contributed by atoms with E-state index >= 15 is 0 Å². The van der Waals surface area contributed by atoms with Crippen LogP contribution in [0.25, 0.3) is 11.0 Å². The highest BCUT2D eigenvalue weighted by Gasteiger charge is 2.32. The lowest BCUT2D eigenvalue weighted by Crippen LogP contribution is -2.55. The van der Waals surface area contributed by atoms with Gasteiger partial charge in [0.25, 0.3) is 5.56 Å². The summed E-state index contributed by atoms with van der Waals surface area (Å²) < 4.78 is 7.36. The molecule has 1 unspecified atom stereocenters. The minimum Gasteiger partial charge on any atom is -0.466 e. The van der Waals surface area contributed by atoms with Gasteiger partial charge >= 0.3 is 11.7 Å². The average Bonchev–Trinajstić information content (AvgIpc) is 2.66. The van der Waals surface area contributed by atoms with Crippen molar-refractivity contribution in [3.8, 4) is 0 Å². The first-order chi connectivity index (χ1) is 13.3. The van der Waals surface area contributed by atoms with E-state index in [1.807, 2.05) is 0 Å². The maximum Gasteiger partial charge on any atom is 0.332 e. The SMILES string of the molecule is CCOC(=O)CC1CNC(=O)CN1c1c(C)cnc2c1c(=O)n(C)c(=O)n2C. The van der Waals surface area contributed by atoms with Crippen molar-refractivity contribution in [1.82, 2.24) is 19.4 Å². The molecule has 1 amide bonds. The summed E-state index contributed by atoms with van der Waals surface area (Å²) in [4.78, 5) is 55.3. The zero-order valence-electron chi connectivity index (χ0n) is 16.3. The van der Waals surface area contributed by atoms with Crippen LogP contribution in [-0.4, -0.2) is 51.7 Å². The number of nitrogens with one attached hydrogen (secondary N) is 1. The molecule has 0 radical (unpaired) electrons. The van der Waals surface area contributed by atoms with Crippen LogP contribution in [0, 0.1) is 6.92 Å². The number of pyridine rings is 1. The predicted octanol–water partition coefficient (Wildman–Crippen LogP) is -0.801. The van der Waals surface area contributed by atoms with E-state index in [0.717, 1.165) is 4.57 Å². The van der Waals surface area contributed by atoms with Crippen molar-refractivity contribution in [2.75, 3.05) is 24.6 Å². The monoisotopic (exact) mass is 389 g/mol. The van der Waals surface area contributed by atoms with E-state index in [0.29, 0.717) is 11.3 Å². The van der Waals surface area contributed by atoms with Gasteiger partial charge in [0.2, 0.25) is 5.91 Å². The molecule has 10 heteroatoms. The molecular weight excluding hydrogens is 366 g/mol. The summed E-state index contributed by atoms with van der Waals surface area (Å²) in [7, 11) is 2.93. The smallest absolute Gasteiger partial charge is 0.332 e. The first kappa shape index (κ1) is 19.6. The number of fused-ring (bicyclic) bond motifs is 1. The number of aromatic nitrogens is 3. The number of nitrogens with zero attached hydrogens (tertiary/aromatic N) is 4. The molecule has 10 nitrogen and oxygen atoms in total. The van der Waals surface area contributed by atoms with Gasteiger partial charge in [-0.1, -0.05) is 0 Å². The van der Waals surface area contributed by atoms with Crippen molar-refractivity contribution < 1.29 is 14.3 Å². The van der Waals surface area contributed by atoms with Gasteiger partial charge in [-0.05, 0) is 19.4 Å². The lowest BCUT2D eigenvalue weighted by molar-refractivity contribution is -0.143. The molecule has 2 aromatic rings. The van der Waals surface area contributed by atoms with Crippen LogP contribution in [0.2, 0.25) is 0 Å². The van der Waals surface area contributed by atoms with Crippen LogP contribution in [0.3, 0.4) is 0 Å². The van der Waals surface area contributed by atoms with Crippen LogP contribution in [0.5, 0.6) is 0 Å². The molecule has 3 rings (SSSR count). The zero-order chi connectivity index (χ0) is 20.6. The number of aryl methyl sites for hydroxylation is 2. The molecule has 150 valence electrons. The highest BCUT2D eigenvalue weighted by molar-refractivity contribution is 5.94. The lowest BCUT2D eigenvalue weighted by atomic mass is 10.0. The maximum absolute atomic E-state index is 12.9. The van der Waals surface area contributed by atoms with Crippen LogP contribution in [0.1, 0.15) is 18.9 Å². The number of carbonyl (C=O) groups is 2. The summed E-state index contributed by atoms with van der Waals surface area (Å²) in [6.07, 6.45) is 1.62. The fourth-order valence-corrected chi connectivity index (χ4v) is 3.52. The summed E-state index contributed by atoms with van der Waals surface area (Å²) in [5.41, 5.74) is 0.427. The van der Waals surface area contributed by atoms with Crippen molar-refractivity contribution in [1.29, 1.82) is 0 Å². The van der Waals surface area contributed by atoms with Gasteiger partial charge in [-0.3, -0.25) is 23.5 Å². The number of anilines is 1. The Morgan fingerprint density at radius 2 is 2.00 bits per heavy atom. The molecule has 1 atom stereocenters. The summed E-state index contributed by atoms with van der Waals surface area (Å²) in [5, 5.41) is 2.99. The minimum atomic E-state index is -0.495. The number of rotatable bonds is 4. The van der Waals surface area contributed by atoms with Gasteiger partial charge in [-0.15, -0.1) is 0 Å². The molecular formula is C18H23N5O5. The number of carbonyl (C=O) groups excluding carboxylic acids is 2. The summed E-state index contributed by atoms with van der Waals surface area (Å²) in [5.74, 6) is -0.601. The van der Waals surface area contributed by atoms with E-state index in [9.17, 15) is 19.2 Å². The third-order valence-corrected chi connectivity index (χ3v) is 4.91. The van der Waals surface area contributed by atoms with E-state index in [2.05, 4.69) is 10.3 Å². The standard InChI is InChI=1S/C18H23N5O5/c1-5-28-13(25)6-11-8-19-12(24)9-23(11)15-10(2)7-20-16-14(15)17(26)22(4)18(27)21(16)3/h7,11H,5-6,8-9H2,1-4H3,(H,19,24). The Labute approximate surface area is 160 Å². The minimum absolute atomic E-state index is 0.0178. The lowest BCUT2D eigenvalue weighted by Gasteiger charge is -2.38. The maximum atomic E-state index is 12.9. The number of hydrogen-bond acceptors (Lipinski definition) is 7. The van der Waals surface area contributed by atoms with Gasteiger partial charge in [-0.2, -0.15) is 0 Å². The number of amides is 1.